The van der Waals surface area contributed by atoms with E-state index in [1.807, 2.05) is 0 Å². The molecule has 0 fully saturated rings. The molecule has 22 heavy (non-hydrogen) atoms. The van der Waals surface area contributed by atoms with Gasteiger partial charge in [-0.05, 0) is 19.8 Å². The Kier molecular flexibility index (Phi) is 6.69. The molecule has 118 valence electrons. The molecule has 0 unspecified atom stereocenters. The smallest absolute Gasteiger partial charge is 0.339 e. The van der Waals surface area contributed by atoms with Crippen LogP contribution in [0.5, 0.6) is 11.5 Å². The SMILES string of the molecule is C=CCCCc1cc(O)cc(=O)o1.Cc1cc(O)cc(=O)o1. The molecule has 0 bridgehead atoms. The Morgan fingerprint density at radius 3 is 2.14 bits per heavy atom. The Morgan fingerprint density at radius 2 is 1.64 bits per heavy atom. The van der Waals surface area contributed by atoms with Crippen molar-refractivity contribution in [2.24, 2.45) is 0 Å². The summed E-state index contributed by atoms with van der Waals surface area (Å²) in [6, 6.07) is 4.91. The molecule has 0 saturated heterocycles. The highest BCUT2D eigenvalue weighted by molar-refractivity contribution is 5.18. The van der Waals surface area contributed by atoms with E-state index in [4.69, 9.17) is 14.6 Å². The second kappa shape index (κ2) is 8.51. The first-order valence-corrected chi connectivity index (χ1v) is 6.65. The lowest BCUT2D eigenvalue weighted by Crippen LogP contribution is -1.98. The van der Waals surface area contributed by atoms with Crippen LogP contribution in [0.25, 0.3) is 0 Å². The molecule has 6 heteroatoms. The summed E-state index contributed by atoms with van der Waals surface area (Å²) >= 11 is 0. The number of unbranched alkanes of at least 4 members (excludes halogenated alkanes) is 1. The number of hydrogen-bond donors (Lipinski definition) is 2. The summed E-state index contributed by atoms with van der Waals surface area (Å²) in [5.74, 6) is 0.848. The molecule has 0 saturated carbocycles. The van der Waals surface area contributed by atoms with Crippen molar-refractivity contribution in [3.63, 3.8) is 0 Å². The molecule has 0 atom stereocenters. The van der Waals surface area contributed by atoms with Gasteiger partial charge in [-0.2, -0.15) is 0 Å². The molecular weight excluding hydrogens is 288 g/mol. The molecule has 0 aliphatic heterocycles. The summed E-state index contributed by atoms with van der Waals surface area (Å²) in [6.45, 7) is 5.18. The van der Waals surface area contributed by atoms with E-state index in [1.54, 1.807) is 13.0 Å². The third-order valence-electron chi connectivity index (χ3n) is 2.52. The van der Waals surface area contributed by atoms with Gasteiger partial charge in [0.15, 0.2) is 0 Å². The molecule has 2 heterocycles. The molecule has 6 nitrogen and oxygen atoms in total. The fourth-order valence-electron chi connectivity index (χ4n) is 1.65. The fourth-order valence-corrected chi connectivity index (χ4v) is 1.65. The van der Waals surface area contributed by atoms with Gasteiger partial charge in [0, 0.05) is 18.6 Å². The lowest BCUT2D eigenvalue weighted by atomic mass is 10.2. The van der Waals surface area contributed by atoms with E-state index < -0.39 is 11.3 Å². The van der Waals surface area contributed by atoms with E-state index in [1.165, 1.54) is 12.1 Å². The van der Waals surface area contributed by atoms with Gasteiger partial charge in [0.05, 0.1) is 12.1 Å². The topological polar surface area (TPSA) is 101 Å². The minimum atomic E-state index is -0.521. The zero-order valence-corrected chi connectivity index (χ0v) is 12.2. The third kappa shape index (κ3) is 6.60. The van der Waals surface area contributed by atoms with E-state index in [2.05, 4.69) is 11.0 Å². The van der Waals surface area contributed by atoms with Crippen LogP contribution in [0.3, 0.4) is 0 Å². The van der Waals surface area contributed by atoms with Gasteiger partial charge in [0.25, 0.3) is 0 Å². The number of aryl methyl sites for hydroxylation is 2. The van der Waals surface area contributed by atoms with Crippen LogP contribution in [0.1, 0.15) is 24.4 Å². The summed E-state index contributed by atoms with van der Waals surface area (Å²) in [6.07, 6.45) is 4.20. The Morgan fingerprint density at radius 1 is 1.05 bits per heavy atom. The van der Waals surface area contributed by atoms with Crippen LogP contribution >= 0.6 is 0 Å². The van der Waals surface area contributed by atoms with Crippen molar-refractivity contribution in [2.75, 3.05) is 0 Å². The van der Waals surface area contributed by atoms with E-state index in [0.29, 0.717) is 17.9 Å². The molecule has 0 aliphatic rings. The van der Waals surface area contributed by atoms with Crippen molar-refractivity contribution in [2.45, 2.75) is 26.2 Å². The number of aromatic hydroxyl groups is 2. The van der Waals surface area contributed by atoms with Gasteiger partial charge in [-0.15, -0.1) is 6.58 Å². The predicted molar refractivity (Wildman–Crippen MR) is 81.2 cm³/mol. The minimum absolute atomic E-state index is 0.0372. The highest BCUT2D eigenvalue weighted by atomic mass is 16.4. The molecule has 0 aliphatic carbocycles. The first-order chi connectivity index (χ1) is 10.4. The van der Waals surface area contributed by atoms with Crippen molar-refractivity contribution < 1.29 is 19.0 Å². The molecule has 2 rings (SSSR count). The van der Waals surface area contributed by atoms with Crippen LogP contribution in [-0.4, -0.2) is 10.2 Å². The average Bonchev–Trinajstić information content (AvgIpc) is 2.36. The van der Waals surface area contributed by atoms with E-state index in [9.17, 15) is 9.59 Å². The number of hydrogen-bond acceptors (Lipinski definition) is 6. The Hall–Kier alpha value is -2.76. The summed E-state index contributed by atoms with van der Waals surface area (Å²) in [4.78, 5) is 21.2. The molecular formula is C16H18O6. The lowest BCUT2D eigenvalue weighted by Gasteiger charge is -1.97. The van der Waals surface area contributed by atoms with Gasteiger partial charge in [-0.3, -0.25) is 0 Å². The molecule has 2 N–H and O–H groups in total. The van der Waals surface area contributed by atoms with Gasteiger partial charge in [-0.25, -0.2) is 9.59 Å². The van der Waals surface area contributed by atoms with Crippen molar-refractivity contribution in [1.29, 1.82) is 0 Å². The second-order valence-electron chi connectivity index (χ2n) is 4.53. The molecule has 0 radical (unpaired) electrons. The maximum atomic E-state index is 10.8. The first kappa shape index (κ1) is 17.3. The van der Waals surface area contributed by atoms with Gasteiger partial charge in [0.2, 0.25) is 0 Å². The monoisotopic (exact) mass is 306 g/mol. The van der Waals surface area contributed by atoms with Crippen LogP contribution in [0, 0.1) is 6.92 Å². The summed E-state index contributed by atoms with van der Waals surface area (Å²) in [5, 5.41) is 17.8. The zero-order chi connectivity index (χ0) is 16.5. The van der Waals surface area contributed by atoms with E-state index in [0.717, 1.165) is 25.0 Å². The van der Waals surface area contributed by atoms with Crippen LogP contribution < -0.4 is 11.3 Å². The highest BCUT2D eigenvalue weighted by Crippen LogP contribution is 2.10. The molecule has 0 spiro atoms. The van der Waals surface area contributed by atoms with E-state index in [-0.39, 0.29) is 11.5 Å². The van der Waals surface area contributed by atoms with Crippen molar-refractivity contribution in [1.82, 2.24) is 0 Å². The molecule has 0 aromatic carbocycles. The lowest BCUT2D eigenvalue weighted by molar-refractivity contribution is 0.421. The van der Waals surface area contributed by atoms with Gasteiger partial charge >= 0.3 is 11.3 Å². The number of rotatable bonds is 4. The largest absolute Gasteiger partial charge is 0.508 e. The summed E-state index contributed by atoms with van der Waals surface area (Å²) in [5.41, 5.74) is -1.03. The van der Waals surface area contributed by atoms with Crippen molar-refractivity contribution >= 4 is 0 Å². The number of allylic oxidation sites excluding steroid dienone is 1. The van der Waals surface area contributed by atoms with Crippen molar-refractivity contribution in [3.8, 4) is 11.5 Å². The highest BCUT2D eigenvalue weighted by Gasteiger charge is 1.99. The Bertz CT molecular complexity index is 703. The first-order valence-electron chi connectivity index (χ1n) is 6.65. The van der Waals surface area contributed by atoms with Crippen LogP contribution in [0.15, 0.2) is 55.3 Å². The third-order valence-corrected chi connectivity index (χ3v) is 2.52. The van der Waals surface area contributed by atoms with Crippen molar-refractivity contribution in [3.05, 3.63) is 69.3 Å². The zero-order valence-electron chi connectivity index (χ0n) is 12.2. The maximum absolute atomic E-state index is 10.8. The summed E-state index contributed by atoms with van der Waals surface area (Å²) < 4.78 is 9.40. The van der Waals surface area contributed by atoms with E-state index >= 15 is 0 Å². The fraction of sp³-hybridized carbons (Fsp3) is 0.250. The Labute approximate surface area is 127 Å². The standard InChI is InChI=1S/C10H12O3.C6H6O3/c1-2-3-4-5-9-6-8(11)7-10(12)13-9;1-4-2-5(7)3-6(8)9-4/h2,6-7,11H,1,3-5H2;2-3,7H,1H3. The minimum Gasteiger partial charge on any atom is -0.508 e. The second-order valence-corrected chi connectivity index (χ2v) is 4.53. The van der Waals surface area contributed by atoms with Gasteiger partial charge in [-0.1, -0.05) is 6.08 Å². The molecule has 0 amide bonds. The molecule has 2 aromatic rings. The molecule has 2 aromatic heterocycles. The normalized spacial score (nSPS) is 9.68. The maximum Gasteiger partial charge on any atom is 0.339 e. The quantitative estimate of drug-likeness (QED) is 0.665. The van der Waals surface area contributed by atoms with Gasteiger partial charge in [0.1, 0.15) is 23.0 Å². The van der Waals surface area contributed by atoms with Crippen LogP contribution in [-0.2, 0) is 6.42 Å². The summed E-state index contributed by atoms with van der Waals surface area (Å²) in [7, 11) is 0. The van der Waals surface area contributed by atoms with Gasteiger partial charge < -0.3 is 19.0 Å². The average molecular weight is 306 g/mol. The predicted octanol–water partition coefficient (Wildman–Crippen LogP) is 2.51. The Balaban J connectivity index is 0.000000235. The van der Waals surface area contributed by atoms with Crippen LogP contribution in [0.2, 0.25) is 0 Å². The van der Waals surface area contributed by atoms with Crippen LogP contribution in [0.4, 0.5) is 0 Å².